The maximum Gasteiger partial charge on any atom is 0.117 e. The first kappa shape index (κ1) is 20.9. The molecule has 1 fully saturated rings. The maximum atomic E-state index is 10.9. The molecule has 158 valence electrons. The van der Waals surface area contributed by atoms with Crippen molar-refractivity contribution in [1.82, 2.24) is 4.98 Å². The molecule has 0 radical (unpaired) electrons. The fourth-order valence-electron chi connectivity index (χ4n) is 4.12. The first-order valence-electron chi connectivity index (χ1n) is 9.84. The number of aryl methyl sites for hydroxylation is 1. The van der Waals surface area contributed by atoms with Crippen molar-refractivity contribution >= 4 is 10.8 Å². The molecular weight excluding hydrogens is 386 g/mol. The van der Waals surface area contributed by atoms with Crippen LogP contribution in [0.2, 0.25) is 0 Å². The molecule has 0 amide bonds. The van der Waals surface area contributed by atoms with E-state index in [9.17, 15) is 25.5 Å². The van der Waals surface area contributed by atoms with Gasteiger partial charge in [-0.1, -0.05) is 36.4 Å². The summed E-state index contributed by atoms with van der Waals surface area (Å²) in [7, 11) is 0. The molecule has 1 saturated heterocycles. The Morgan fingerprint density at radius 2 is 1.83 bits per heavy atom. The van der Waals surface area contributed by atoms with Gasteiger partial charge in [-0.2, -0.15) is 0 Å². The number of aromatic nitrogens is 1. The van der Waals surface area contributed by atoms with Crippen LogP contribution in [0.4, 0.5) is 0 Å². The van der Waals surface area contributed by atoms with Gasteiger partial charge in [-0.3, -0.25) is 4.98 Å². The Kier molecular flexibility index (Phi) is 5.84. The Labute approximate surface area is 173 Å². The summed E-state index contributed by atoms with van der Waals surface area (Å²) in [5.74, 6) is 0. The highest BCUT2D eigenvalue weighted by Gasteiger charge is 2.46. The number of nitrogens with zero attached hydrogens (tertiary/aromatic N) is 1. The summed E-state index contributed by atoms with van der Waals surface area (Å²) in [5.41, 5.74) is 3.31. The van der Waals surface area contributed by atoms with Crippen molar-refractivity contribution in [3.63, 3.8) is 0 Å². The molecule has 6 atom stereocenters. The third-order valence-corrected chi connectivity index (χ3v) is 5.82. The Morgan fingerprint density at radius 3 is 2.57 bits per heavy atom. The predicted molar refractivity (Wildman–Crippen MR) is 111 cm³/mol. The van der Waals surface area contributed by atoms with Gasteiger partial charge in [0.15, 0.2) is 0 Å². The Bertz CT molecular complexity index is 1030. The van der Waals surface area contributed by atoms with Gasteiger partial charge in [0, 0.05) is 17.8 Å². The molecule has 4 rings (SSSR count). The summed E-state index contributed by atoms with van der Waals surface area (Å²) in [6.45, 7) is 1.31. The lowest BCUT2D eigenvalue weighted by atomic mass is 9.87. The van der Waals surface area contributed by atoms with Gasteiger partial charge >= 0.3 is 0 Å². The molecule has 7 nitrogen and oxygen atoms in total. The lowest BCUT2D eigenvalue weighted by Crippen LogP contribution is -2.59. The van der Waals surface area contributed by atoms with Crippen LogP contribution in [0, 0.1) is 6.92 Å². The fourth-order valence-corrected chi connectivity index (χ4v) is 4.12. The van der Waals surface area contributed by atoms with E-state index in [1.165, 1.54) is 0 Å². The van der Waals surface area contributed by atoms with Crippen LogP contribution in [0.1, 0.15) is 17.2 Å². The SMILES string of the molecule is Cc1cc(-c2cccc3cnccc23)ccc1[C@@H](O)[C@H]1OC(CO)[C@@H](O)C(O)C1O. The lowest BCUT2D eigenvalue weighted by Gasteiger charge is -2.42. The first-order valence-corrected chi connectivity index (χ1v) is 9.84. The van der Waals surface area contributed by atoms with Gasteiger partial charge in [0.25, 0.3) is 0 Å². The largest absolute Gasteiger partial charge is 0.394 e. The number of fused-ring (bicyclic) bond motifs is 1. The standard InChI is InChI=1S/C23H25NO6/c1-12-9-13(16-4-2-3-14-10-24-8-7-17(14)16)5-6-15(12)19(26)23-22(29)21(28)20(27)18(11-25)30-23/h2-10,18-23,25-29H,11H2,1H3/t18?,19-,20-,21?,22?,23-/m1/s1. The first-order chi connectivity index (χ1) is 14.4. The van der Waals surface area contributed by atoms with Crippen LogP contribution in [0.3, 0.4) is 0 Å². The monoisotopic (exact) mass is 411 g/mol. The topological polar surface area (TPSA) is 123 Å². The minimum atomic E-state index is -1.53. The zero-order valence-corrected chi connectivity index (χ0v) is 16.5. The third-order valence-electron chi connectivity index (χ3n) is 5.82. The molecule has 1 aromatic heterocycles. The van der Waals surface area contributed by atoms with E-state index in [1.54, 1.807) is 12.3 Å². The molecular formula is C23H25NO6. The van der Waals surface area contributed by atoms with Gasteiger partial charge in [-0.15, -0.1) is 0 Å². The van der Waals surface area contributed by atoms with Crippen molar-refractivity contribution in [3.8, 4) is 11.1 Å². The van der Waals surface area contributed by atoms with Gasteiger partial charge < -0.3 is 30.3 Å². The van der Waals surface area contributed by atoms with Gasteiger partial charge in [0.2, 0.25) is 0 Å². The number of rotatable bonds is 4. The minimum Gasteiger partial charge on any atom is -0.394 e. The van der Waals surface area contributed by atoms with Crippen LogP contribution in [-0.2, 0) is 4.74 Å². The van der Waals surface area contributed by atoms with E-state index in [0.29, 0.717) is 5.56 Å². The maximum absolute atomic E-state index is 10.9. The summed E-state index contributed by atoms with van der Waals surface area (Å²) >= 11 is 0. The molecule has 1 aliphatic heterocycles. The molecule has 0 aliphatic carbocycles. The molecule has 5 N–H and O–H groups in total. The predicted octanol–water partition coefficient (Wildman–Crippen LogP) is 1.09. The summed E-state index contributed by atoms with van der Waals surface area (Å²) in [5, 5.41) is 52.6. The molecule has 1 aliphatic rings. The van der Waals surface area contributed by atoms with Gasteiger partial charge in [0.05, 0.1) is 6.61 Å². The zero-order chi connectivity index (χ0) is 21.4. The van der Waals surface area contributed by atoms with Crippen LogP contribution < -0.4 is 0 Å². The highest BCUT2D eigenvalue weighted by molar-refractivity contribution is 5.96. The van der Waals surface area contributed by atoms with Crippen molar-refractivity contribution in [2.45, 2.75) is 43.5 Å². The molecule has 2 aromatic carbocycles. The quantitative estimate of drug-likeness (QED) is 0.435. The van der Waals surface area contributed by atoms with Crippen molar-refractivity contribution in [3.05, 3.63) is 66.0 Å². The van der Waals surface area contributed by atoms with Crippen molar-refractivity contribution in [2.24, 2.45) is 0 Å². The number of pyridine rings is 1. The number of aliphatic hydroxyl groups is 5. The smallest absolute Gasteiger partial charge is 0.117 e. The van der Waals surface area contributed by atoms with E-state index >= 15 is 0 Å². The molecule has 2 heterocycles. The van der Waals surface area contributed by atoms with Crippen LogP contribution in [-0.4, -0.2) is 67.6 Å². The number of benzene rings is 2. The van der Waals surface area contributed by atoms with E-state index in [4.69, 9.17) is 4.74 Å². The second-order valence-corrected chi connectivity index (χ2v) is 7.71. The van der Waals surface area contributed by atoms with Crippen LogP contribution in [0.5, 0.6) is 0 Å². The highest BCUT2D eigenvalue weighted by Crippen LogP contribution is 2.34. The number of hydrogen-bond acceptors (Lipinski definition) is 7. The molecule has 3 aromatic rings. The fraction of sp³-hybridized carbons (Fsp3) is 0.348. The summed E-state index contributed by atoms with van der Waals surface area (Å²) in [6.07, 6.45) is -4.43. The van der Waals surface area contributed by atoms with Crippen molar-refractivity contribution < 1.29 is 30.3 Å². The Hall–Kier alpha value is -2.39. The average Bonchev–Trinajstić information content (AvgIpc) is 2.77. The molecule has 30 heavy (non-hydrogen) atoms. The molecule has 3 unspecified atom stereocenters. The number of aliphatic hydroxyl groups excluding tert-OH is 5. The van der Waals surface area contributed by atoms with E-state index in [0.717, 1.165) is 27.5 Å². The van der Waals surface area contributed by atoms with Gasteiger partial charge in [-0.05, 0) is 40.6 Å². The number of ether oxygens (including phenoxy) is 1. The second-order valence-electron chi connectivity index (χ2n) is 7.71. The molecule has 0 saturated carbocycles. The average molecular weight is 411 g/mol. The minimum absolute atomic E-state index is 0.532. The summed E-state index contributed by atoms with van der Waals surface area (Å²) in [4.78, 5) is 4.16. The summed E-state index contributed by atoms with van der Waals surface area (Å²) < 4.78 is 5.51. The third kappa shape index (κ3) is 3.60. The van der Waals surface area contributed by atoms with Crippen molar-refractivity contribution in [2.75, 3.05) is 6.61 Å². The van der Waals surface area contributed by atoms with E-state index in [-0.39, 0.29) is 0 Å². The Morgan fingerprint density at radius 1 is 1.03 bits per heavy atom. The lowest BCUT2D eigenvalue weighted by molar-refractivity contribution is -0.250. The zero-order valence-electron chi connectivity index (χ0n) is 16.5. The van der Waals surface area contributed by atoms with Crippen LogP contribution in [0.25, 0.3) is 21.9 Å². The Balaban J connectivity index is 1.66. The molecule has 7 heteroatoms. The number of hydrogen-bond donors (Lipinski definition) is 5. The van der Waals surface area contributed by atoms with Crippen LogP contribution in [0.15, 0.2) is 54.9 Å². The van der Waals surface area contributed by atoms with E-state index in [2.05, 4.69) is 4.98 Å². The van der Waals surface area contributed by atoms with E-state index in [1.807, 2.05) is 49.5 Å². The highest BCUT2D eigenvalue weighted by atomic mass is 16.6. The van der Waals surface area contributed by atoms with Gasteiger partial charge in [0.1, 0.15) is 36.6 Å². The molecule has 0 bridgehead atoms. The molecule has 0 spiro atoms. The van der Waals surface area contributed by atoms with E-state index < -0.39 is 43.2 Å². The summed E-state index contributed by atoms with van der Waals surface area (Å²) in [6, 6.07) is 13.5. The second kappa shape index (κ2) is 8.39. The van der Waals surface area contributed by atoms with Crippen LogP contribution >= 0.6 is 0 Å². The van der Waals surface area contributed by atoms with Crippen molar-refractivity contribution in [1.29, 1.82) is 0 Å². The van der Waals surface area contributed by atoms with Gasteiger partial charge in [-0.25, -0.2) is 0 Å². The normalized spacial score (nSPS) is 27.9.